The molecule has 2 aromatic rings. The van der Waals surface area contributed by atoms with Gasteiger partial charge in [0.05, 0.1) is 18.2 Å². The molecule has 0 aromatic heterocycles. The number of hydrogen-bond acceptors (Lipinski definition) is 4. The monoisotopic (exact) mass is 494 g/mol. The predicted molar refractivity (Wildman–Crippen MR) is 123 cm³/mol. The second-order valence-electron chi connectivity index (χ2n) is 8.24. The van der Waals surface area contributed by atoms with E-state index in [2.05, 4.69) is 0 Å². The van der Waals surface area contributed by atoms with E-state index in [1.807, 2.05) is 12.1 Å². The van der Waals surface area contributed by atoms with E-state index in [1.165, 1.54) is 18.2 Å². The topological polar surface area (TPSA) is 59.1 Å². The minimum Gasteiger partial charge on any atom is -0.490 e. The second-order valence-corrected chi connectivity index (χ2v) is 9.08. The molecule has 0 bridgehead atoms. The van der Waals surface area contributed by atoms with Crippen molar-refractivity contribution in [2.45, 2.75) is 18.9 Å². The highest BCUT2D eigenvalue weighted by atomic mass is 35.5. The lowest BCUT2D eigenvalue weighted by Crippen LogP contribution is -2.50. The second kappa shape index (κ2) is 10.7. The summed E-state index contributed by atoms with van der Waals surface area (Å²) in [4.78, 5) is 29.5. The van der Waals surface area contributed by atoms with Gasteiger partial charge in [0, 0.05) is 55.5 Å². The van der Waals surface area contributed by atoms with E-state index in [1.54, 1.807) is 21.9 Å². The molecule has 2 aliphatic heterocycles. The van der Waals surface area contributed by atoms with Gasteiger partial charge in [-0.3, -0.25) is 9.59 Å². The first kappa shape index (κ1) is 23.8. The Balaban J connectivity index is 1.50. The van der Waals surface area contributed by atoms with Gasteiger partial charge in [-0.25, -0.2) is 4.39 Å². The molecule has 2 atom stereocenters. The number of carbonyl (C=O) groups is 2. The number of halogens is 3. The Labute approximate surface area is 202 Å². The quantitative estimate of drug-likeness (QED) is 0.621. The van der Waals surface area contributed by atoms with Gasteiger partial charge in [0.2, 0.25) is 5.91 Å². The molecule has 0 saturated carbocycles. The molecule has 33 heavy (non-hydrogen) atoms. The van der Waals surface area contributed by atoms with Crippen LogP contribution in [0.3, 0.4) is 0 Å². The molecular formula is C24H25Cl2FN2O4. The van der Waals surface area contributed by atoms with Crippen LogP contribution in [0, 0.1) is 11.7 Å². The lowest BCUT2D eigenvalue weighted by atomic mass is 9.90. The maximum absolute atomic E-state index is 13.5. The Kier molecular flexibility index (Phi) is 7.73. The molecule has 0 spiro atoms. The third-order valence-electron chi connectivity index (χ3n) is 6.00. The molecule has 0 N–H and O–H groups in total. The van der Waals surface area contributed by atoms with Crippen LogP contribution in [0.25, 0.3) is 0 Å². The Bertz CT molecular complexity index is 1020. The Morgan fingerprint density at radius 2 is 1.85 bits per heavy atom. The molecule has 2 fully saturated rings. The van der Waals surface area contributed by atoms with Crippen molar-refractivity contribution in [2.75, 3.05) is 39.4 Å². The summed E-state index contributed by atoms with van der Waals surface area (Å²) >= 11 is 12.0. The summed E-state index contributed by atoms with van der Waals surface area (Å²) in [5.41, 5.74) is 0.314. The fraction of sp³-hybridized carbons (Fsp3) is 0.417. The molecule has 0 radical (unpaired) electrons. The van der Waals surface area contributed by atoms with Crippen LogP contribution in [0.15, 0.2) is 42.5 Å². The Morgan fingerprint density at radius 1 is 1.06 bits per heavy atom. The van der Waals surface area contributed by atoms with E-state index in [0.717, 1.165) is 0 Å². The first-order valence-corrected chi connectivity index (χ1v) is 11.7. The summed E-state index contributed by atoms with van der Waals surface area (Å²) in [6.45, 7) is 2.95. The fourth-order valence-electron chi connectivity index (χ4n) is 4.24. The SMILES string of the molecule is O=C(C[C@H]1CN(C(=O)c2ccc(F)c(Cl)c2)CC[C@@H]1Oc1cccc(Cl)c1)N1CCOCC1. The van der Waals surface area contributed by atoms with Gasteiger partial charge >= 0.3 is 0 Å². The first-order valence-electron chi connectivity index (χ1n) is 10.9. The number of rotatable bonds is 5. The molecule has 2 aliphatic rings. The molecular weight excluding hydrogens is 470 g/mol. The van der Waals surface area contributed by atoms with Crippen LogP contribution in [0.5, 0.6) is 5.75 Å². The maximum Gasteiger partial charge on any atom is 0.253 e. The van der Waals surface area contributed by atoms with Crippen LogP contribution in [-0.2, 0) is 9.53 Å². The summed E-state index contributed by atoms with van der Waals surface area (Å²) < 4.78 is 25.1. The zero-order chi connectivity index (χ0) is 23.4. The van der Waals surface area contributed by atoms with E-state index < -0.39 is 5.82 Å². The van der Waals surface area contributed by atoms with Crippen LogP contribution in [0.2, 0.25) is 10.0 Å². The zero-order valence-corrected chi connectivity index (χ0v) is 19.5. The van der Waals surface area contributed by atoms with Gasteiger partial charge in [-0.2, -0.15) is 0 Å². The number of likely N-dealkylation sites (tertiary alicyclic amines) is 1. The van der Waals surface area contributed by atoms with E-state index in [9.17, 15) is 14.0 Å². The standard InChI is InChI=1S/C24H25Cl2FN2O4/c25-18-2-1-3-19(14-18)33-22-6-7-29(24(31)16-4-5-21(27)20(26)12-16)15-17(22)13-23(30)28-8-10-32-11-9-28/h1-5,12,14,17,22H,6-11,13,15H2/t17-,22-/m0/s1. The van der Waals surface area contributed by atoms with Gasteiger partial charge < -0.3 is 19.3 Å². The highest BCUT2D eigenvalue weighted by Gasteiger charge is 2.36. The summed E-state index contributed by atoms with van der Waals surface area (Å²) in [6.07, 6.45) is 0.544. The van der Waals surface area contributed by atoms with Crippen LogP contribution in [0.1, 0.15) is 23.2 Å². The van der Waals surface area contributed by atoms with Gasteiger partial charge in [-0.05, 0) is 36.4 Å². The van der Waals surface area contributed by atoms with Crippen molar-refractivity contribution in [1.82, 2.24) is 9.80 Å². The average Bonchev–Trinajstić information content (AvgIpc) is 2.82. The van der Waals surface area contributed by atoms with Gasteiger partial charge in [0.15, 0.2) is 0 Å². The minimum atomic E-state index is -0.573. The Morgan fingerprint density at radius 3 is 2.58 bits per heavy atom. The van der Waals surface area contributed by atoms with Crippen molar-refractivity contribution in [3.8, 4) is 5.75 Å². The number of carbonyl (C=O) groups excluding carboxylic acids is 2. The Hall–Kier alpha value is -2.35. The van der Waals surface area contributed by atoms with E-state index >= 15 is 0 Å². The van der Waals surface area contributed by atoms with Crippen molar-refractivity contribution in [3.63, 3.8) is 0 Å². The molecule has 2 aromatic carbocycles. The third kappa shape index (κ3) is 5.96. The molecule has 176 valence electrons. The van der Waals surface area contributed by atoms with Crippen LogP contribution in [-0.4, -0.2) is 67.1 Å². The van der Waals surface area contributed by atoms with Crippen molar-refractivity contribution in [2.24, 2.45) is 5.92 Å². The van der Waals surface area contributed by atoms with E-state index in [0.29, 0.717) is 62.1 Å². The van der Waals surface area contributed by atoms with Crippen LogP contribution >= 0.6 is 23.2 Å². The molecule has 9 heteroatoms. The first-order chi connectivity index (χ1) is 15.9. The van der Waals surface area contributed by atoms with Crippen LogP contribution in [0.4, 0.5) is 4.39 Å². The number of benzene rings is 2. The summed E-state index contributed by atoms with van der Waals surface area (Å²) in [7, 11) is 0. The molecule has 6 nitrogen and oxygen atoms in total. The van der Waals surface area contributed by atoms with E-state index in [-0.39, 0.29) is 35.3 Å². The molecule has 0 unspecified atom stereocenters. The van der Waals surface area contributed by atoms with Crippen molar-refractivity contribution in [3.05, 3.63) is 63.9 Å². The predicted octanol–water partition coefficient (Wildman–Crippen LogP) is 4.29. The lowest BCUT2D eigenvalue weighted by molar-refractivity contribution is -0.137. The molecule has 0 aliphatic carbocycles. The van der Waals surface area contributed by atoms with Gasteiger partial charge in [-0.1, -0.05) is 29.3 Å². The largest absolute Gasteiger partial charge is 0.490 e. The van der Waals surface area contributed by atoms with Gasteiger partial charge in [0.1, 0.15) is 17.7 Å². The molecule has 2 amide bonds. The molecule has 4 rings (SSSR count). The zero-order valence-electron chi connectivity index (χ0n) is 18.0. The number of amides is 2. The molecule has 2 heterocycles. The summed E-state index contributed by atoms with van der Waals surface area (Å²) in [5, 5.41) is 0.466. The van der Waals surface area contributed by atoms with Crippen molar-refractivity contribution >= 4 is 35.0 Å². The summed E-state index contributed by atoms with van der Waals surface area (Å²) in [5.74, 6) is -0.394. The van der Waals surface area contributed by atoms with E-state index in [4.69, 9.17) is 32.7 Å². The number of piperidine rings is 1. The van der Waals surface area contributed by atoms with Gasteiger partial charge in [-0.15, -0.1) is 0 Å². The van der Waals surface area contributed by atoms with Gasteiger partial charge in [0.25, 0.3) is 5.91 Å². The fourth-order valence-corrected chi connectivity index (χ4v) is 4.60. The normalized spacial score (nSPS) is 21.1. The minimum absolute atomic E-state index is 0.0159. The van der Waals surface area contributed by atoms with Crippen molar-refractivity contribution < 1.29 is 23.5 Å². The number of hydrogen-bond donors (Lipinski definition) is 0. The summed E-state index contributed by atoms with van der Waals surface area (Å²) in [6, 6.07) is 11.1. The molecule has 2 saturated heterocycles. The van der Waals surface area contributed by atoms with Crippen molar-refractivity contribution in [1.29, 1.82) is 0 Å². The lowest BCUT2D eigenvalue weighted by Gasteiger charge is -2.39. The smallest absolute Gasteiger partial charge is 0.253 e. The van der Waals surface area contributed by atoms with Crippen LogP contribution < -0.4 is 4.74 Å². The maximum atomic E-state index is 13.5. The highest BCUT2D eigenvalue weighted by molar-refractivity contribution is 6.31. The third-order valence-corrected chi connectivity index (χ3v) is 6.53. The number of ether oxygens (including phenoxy) is 2. The number of nitrogens with zero attached hydrogens (tertiary/aromatic N) is 2. The highest BCUT2D eigenvalue weighted by Crippen LogP contribution is 2.29. The average molecular weight is 495 g/mol. The number of morpholine rings is 1.